The molecule has 6 aromatic heterocycles. The quantitative estimate of drug-likeness (QED) is 0.104. The average Bonchev–Trinajstić information content (AvgIpc) is 4.24. The second-order valence-electron chi connectivity index (χ2n) is 20.3. The molecule has 3 aliphatic rings. The number of nitrogens with two attached hydrogens (primary N) is 2. The van der Waals surface area contributed by atoms with Gasteiger partial charge >= 0.3 is 0 Å². The molecule has 74 heavy (non-hydrogen) atoms. The van der Waals surface area contributed by atoms with Crippen molar-refractivity contribution in [1.29, 1.82) is 0 Å². The first-order valence-corrected chi connectivity index (χ1v) is 25.2. The number of fused-ring (bicyclic) bond motifs is 4. The van der Waals surface area contributed by atoms with Crippen LogP contribution in [0.25, 0.3) is 66.8 Å². The summed E-state index contributed by atoms with van der Waals surface area (Å²) in [7, 11) is 0. The van der Waals surface area contributed by atoms with Crippen molar-refractivity contribution >= 4 is 85.0 Å². The maximum atomic E-state index is 6.37. The maximum Gasteiger partial charge on any atom is 0.300 e. The highest BCUT2D eigenvalue weighted by atomic mass is 16.7. The third-order valence-electron chi connectivity index (χ3n) is 14.7. The van der Waals surface area contributed by atoms with Gasteiger partial charge in [-0.2, -0.15) is 20.2 Å². The number of oxazole rings is 2. The molecule has 0 amide bonds. The van der Waals surface area contributed by atoms with E-state index < -0.39 is 0 Å². The van der Waals surface area contributed by atoms with Crippen LogP contribution in [0.1, 0.15) is 99.0 Å². The molecule has 13 rings (SSSR count). The molecule has 10 aromatic rings. The van der Waals surface area contributed by atoms with Crippen LogP contribution in [0.15, 0.2) is 112 Å². The number of nitrogens with zero attached hydrogens (tertiary/aromatic N) is 11. The standard InChI is InChI=1S/C29H30N8O2.C27H27N7O/c1-16-12-17(2)25-22(13-16)34-28(38-25)33-20-6-4-19(5-7-20)24-23-26(30)31-15-32-27(23)37(35-24)21-8-10-29(11-9-21)14-18(3)36-39-29;1-15-4-10-20(11-5-15)34-26-22(25(28)29-14-30-26)23(33-34)18-6-8-19(9-7-18)31-27-32-21-13-16(2)12-17(3)24(21)35-27/h4-7,12-13,15,21H,8-11,14H2,1-3H3,(H,33,34)(H2,30,31,32);6-9,12-14,20H,1,4-5,10-11H2,2-3H3,(H,31,32)(H2,28,29,30). The molecular weight excluding hydrogens is 931 g/mol. The number of hydrogen-bond acceptors (Lipinski definition) is 16. The number of rotatable bonds is 8. The van der Waals surface area contributed by atoms with Gasteiger partial charge in [0.1, 0.15) is 52.3 Å². The van der Waals surface area contributed by atoms with Crippen LogP contribution >= 0.6 is 0 Å². The molecule has 18 heteroatoms. The van der Waals surface area contributed by atoms with Crippen LogP contribution < -0.4 is 22.1 Å². The van der Waals surface area contributed by atoms with Crippen molar-refractivity contribution < 1.29 is 13.7 Å². The van der Waals surface area contributed by atoms with Crippen molar-refractivity contribution in [2.24, 2.45) is 5.16 Å². The summed E-state index contributed by atoms with van der Waals surface area (Å²) in [6.07, 6.45) is 11.7. The Kier molecular flexibility index (Phi) is 11.6. The predicted molar refractivity (Wildman–Crippen MR) is 290 cm³/mol. The minimum absolute atomic E-state index is 0.157. The Labute approximate surface area is 426 Å². The fourth-order valence-corrected chi connectivity index (χ4v) is 11.0. The molecule has 1 aliphatic heterocycles. The van der Waals surface area contributed by atoms with E-state index in [2.05, 4.69) is 78.3 Å². The third-order valence-corrected chi connectivity index (χ3v) is 14.7. The lowest BCUT2D eigenvalue weighted by atomic mass is 9.79. The summed E-state index contributed by atoms with van der Waals surface area (Å²) < 4.78 is 16.0. The predicted octanol–water partition coefficient (Wildman–Crippen LogP) is 12.5. The summed E-state index contributed by atoms with van der Waals surface area (Å²) in [5.41, 5.74) is 29.3. The van der Waals surface area contributed by atoms with E-state index in [0.717, 1.165) is 164 Å². The Bertz CT molecular complexity index is 3810. The van der Waals surface area contributed by atoms with Crippen molar-refractivity contribution in [3.63, 3.8) is 0 Å². The SMILES string of the molecule is C=C1CCC(n2nc(-c3ccc(Nc4nc5cc(C)cc(C)c5o4)cc3)c3c(N)ncnc32)CC1.CC1=NOC2(CCC(n3nc(-c4ccc(Nc5nc6cc(C)cc(C)c6o5)cc4)c4c(N)ncnc43)CC2)C1. The molecule has 2 saturated carbocycles. The molecule has 0 radical (unpaired) electrons. The molecule has 2 fully saturated rings. The first kappa shape index (κ1) is 46.4. The van der Waals surface area contributed by atoms with Crippen LogP contribution in [-0.4, -0.2) is 60.8 Å². The highest BCUT2D eigenvalue weighted by molar-refractivity contribution is 5.99. The number of benzene rings is 4. The fourth-order valence-electron chi connectivity index (χ4n) is 11.0. The number of hydrogen-bond donors (Lipinski definition) is 4. The zero-order chi connectivity index (χ0) is 50.8. The molecule has 0 unspecified atom stereocenters. The Morgan fingerprint density at radius 3 is 1.51 bits per heavy atom. The number of anilines is 6. The van der Waals surface area contributed by atoms with Gasteiger partial charge in [-0.05, 0) is 145 Å². The zero-order valence-corrected chi connectivity index (χ0v) is 42.1. The third kappa shape index (κ3) is 8.68. The molecule has 2 aliphatic carbocycles. The molecule has 374 valence electrons. The second kappa shape index (κ2) is 18.4. The Balaban J connectivity index is 0.000000151. The van der Waals surface area contributed by atoms with Gasteiger partial charge in [0, 0.05) is 28.9 Å². The Hall–Kier alpha value is -8.67. The molecule has 0 saturated heterocycles. The van der Waals surface area contributed by atoms with Crippen LogP contribution in [-0.2, 0) is 4.84 Å². The minimum Gasteiger partial charge on any atom is -0.423 e. The topological polar surface area (TPSA) is 237 Å². The van der Waals surface area contributed by atoms with E-state index in [1.165, 1.54) is 18.2 Å². The number of nitrogen functional groups attached to an aromatic ring is 2. The molecule has 4 aromatic carbocycles. The number of aryl methyl sites for hydroxylation is 4. The van der Waals surface area contributed by atoms with E-state index in [1.54, 1.807) is 0 Å². The first-order valence-electron chi connectivity index (χ1n) is 25.2. The maximum absolute atomic E-state index is 6.37. The molecule has 0 atom stereocenters. The molecule has 6 N–H and O–H groups in total. The summed E-state index contributed by atoms with van der Waals surface area (Å²) in [6, 6.07) is 25.6. The van der Waals surface area contributed by atoms with Crippen molar-refractivity contribution in [3.05, 3.63) is 120 Å². The van der Waals surface area contributed by atoms with Crippen LogP contribution in [0.3, 0.4) is 0 Å². The summed E-state index contributed by atoms with van der Waals surface area (Å²) in [5, 5.41) is 22.4. The average molecular weight is 988 g/mol. The van der Waals surface area contributed by atoms with Crippen LogP contribution in [0.2, 0.25) is 0 Å². The monoisotopic (exact) mass is 987 g/mol. The Morgan fingerprint density at radius 2 is 1.07 bits per heavy atom. The van der Waals surface area contributed by atoms with E-state index in [0.29, 0.717) is 23.7 Å². The van der Waals surface area contributed by atoms with Gasteiger partial charge in [0.15, 0.2) is 22.5 Å². The largest absolute Gasteiger partial charge is 0.423 e. The van der Waals surface area contributed by atoms with Gasteiger partial charge in [-0.3, -0.25) is 0 Å². The Morgan fingerprint density at radius 1 is 0.608 bits per heavy atom. The normalized spacial score (nSPS) is 18.0. The summed E-state index contributed by atoms with van der Waals surface area (Å²) in [6.45, 7) is 14.3. The van der Waals surface area contributed by atoms with Crippen molar-refractivity contribution in [3.8, 4) is 22.5 Å². The van der Waals surface area contributed by atoms with Crippen molar-refractivity contribution in [1.82, 2.24) is 49.5 Å². The lowest BCUT2D eigenvalue weighted by Gasteiger charge is -2.34. The summed E-state index contributed by atoms with van der Waals surface area (Å²) in [5.74, 6) is 0.867. The fraction of sp³-hybridized carbons (Fsp3) is 0.304. The van der Waals surface area contributed by atoms with Crippen molar-refractivity contribution in [2.75, 3.05) is 22.1 Å². The van der Waals surface area contributed by atoms with E-state index in [9.17, 15) is 0 Å². The molecule has 7 heterocycles. The lowest BCUT2D eigenvalue weighted by molar-refractivity contribution is -0.0533. The van der Waals surface area contributed by atoms with Crippen molar-refractivity contribution in [2.45, 2.75) is 110 Å². The van der Waals surface area contributed by atoms with Gasteiger partial charge in [-0.1, -0.05) is 53.7 Å². The molecule has 1 spiro atoms. The van der Waals surface area contributed by atoms with Gasteiger partial charge in [-0.15, -0.1) is 0 Å². The van der Waals surface area contributed by atoms with Gasteiger partial charge in [0.25, 0.3) is 12.0 Å². The lowest BCUT2D eigenvalue weighted by Crippen LogP contribution is -2.35. The van der Waals surface area contributed by atoms with Gasteiger partial charge in [0.2, 0.25) is 0 Å². The number of oxime groups is 1. The molecular formula is C56H57N15O3. The number of nitrogens with one attached hydrogen (secondary N) is 2. The zero-order valence-electron chi connectivity index (χ0n) is 42.1. The van der Waals surface area contributed by atoms with E-state index in [-0.39, 0.29) is 17.7 Å². The highest BCUT2D eigenvalue weighted by Crippen LogP contribution is 2.44. The highest BCUT2D eigenvalue weighted by Gasteiger charge is 2.42. The van der Waals surface area contributed by atoms with E-state index in [1.807, 2.05) is 90.8 Å². The summed E-state index contributed by atoms with van der Waals surface area (Å²) in [4.78, 5) is 32.7. The van der Waals surface area contributed by atoms with Crippen LogP contribution in [0.5, 0.6) is 0 Å². The molecule has 0 bridgehead atoms. The first-order chi connectivity index (χ1) is 35.8. The minimum atomic E-state index is -0.157. The van der Waals surface area contributed by atoms with Gasteiger partial charge in [-0.25, -0.2) is 29.3 Å². The van der Waals surface area contributed by atoms with Crippen LogP contribution in [0.4, 0.5) is 35.0 Å². The second-order valence-corrected chi connectivity index (χ2v) is 20.3. The molecule has 18 nitrogen and oxygen atoms in total. The van der Waals surface area contributed by atoms with Gasteiger partial charge < -0.3 is 35.8 Å². The number of aromatic nitrogens is 10. The van der Waals surface area contributed by atoms with Gasteiger partial charge in [0.05, 0.1) is 28.6 Å². The summed E-state index contributed by atoms with van der Waals surface area (Å²) >= 11 is 0. The number of allylic oxidation sites excluding steroid dienone is 1. The van der Waals surface area contributed by atoms with E-state index >= 15 is 0 Å². The van der Waals surface area contributed by atoms with Crippen LogP contribution in [0, 0.1) is 27.7 Å². The van der Waals surface area contributed by atoms with E-state index in [4.69, 9.17) is 35.3 Å². The smallest absolute Gasteiger partial charge is 0.300 e.